The van der Waals surface area contributed by atoms with Crippen LogP contribution in [0.5, 0.6) is 0 Å². The summed E-state index contributed by atoms with van der Waals surface area (Å²) in [6, 6.07) is 83.4. The number of para-hydroxylation sites is 3. The molecule has 2 N–H and O–H groups in total. The van der Waals surface area contributed by atoms with Gasteiger partial charge in [-0.3, -0.25) is 4.57 Å². The minimum atomic E-state index is 0.385. The maximum Gasteiger partial charge on any atom is 0.205 e. The molecule has 67 heavy (non-hydrogen) atoms. The van der Waals surface area contributed by atoms with Crippen LogP contribution in [-0.4, -0.2) is 15.5 Å². The van der Waals surface area contributed by atoms with Gasteiger partial charge >= 0.3 is 0 Å². The zero-order chi connectivity index (χ0) is 44.7. The second-order valence-electron chi connectivity index (χ2n) is 16.4. The van der Waals surface area contributed by atoms with Crippen LogP contribution >= 0.6 is 23.1 Å². The first kappa shape index (κ1) is 40.3. The van der Waals surface area contributed by atoms with Crippen molar-refractivity contribution in [2.75, 3.05) is 4.90 Å². The highest BCUT2D eigenvalue weighted by Gasteiger charge is 2.19. The molecule has 7 heteroatoms. The molecule has 0 saturated carbocycles. The summed E-state index contributed by atoms with van der Waals surface area (Å²) in [7, 11) is 0. The van der Waals surface area contributed by atoms with Crippen LogP contribution in [0.1, 0.15) is 0 Å². The zero-order valence-electron chi connectivity index (χ0n) is 36.2. The fraction of sp³-hybridized carbons (Fsp3) is 0. The summed E-state index contributed by atoms with van der Waals surface area (Å²) in [6.45, 7) is 0. The molecule has 0 aliphatic rings. The normalized spacial score (nSPS) is 11.8. The number of fused-ring (bicyclic) bond motifs is 5. The number of benzene rings is 10. The summed E-state index contributed by atoms with van der Waals surface area (Å²) in [5.74, 6) is 0.385. The molecule has 0 aliphatic carbocycles. The van der Waals surface area contributed by atoms with E-state index in [1.165, 1.54) is 21.9 Å². The van der Waals surface area contributed by atoms with Gasteiger partial charge in [0.15, 0.2) is 0 Å². The third-order valence-electron chi connectivity index (χ3n) is 12.3. The molecule has 0 bridgehead atoms. The summed E-state index contributed by atoms with van der Waals surface area (Å²) in [6.07, 6.45) is 0. The van der Waals surface area contributed by atoms with E-state index in [9.17, 15) is 0 Å². The number of aromatic nitrogens is 2. The van der Waals surface area contributed by atoms with Gasteiger partial charge in [0, 0.05) is 43.2 Å². The first-order chi connectivity index (χ1) is 33.1. The van der Waals surface area contributed by atoms with Crippen molar-refractivity contribution in [3.8, 4) is 32.8 Å². The first-order valence-corrected chi connectivity index (χ1v) is 23.9. The Labute approximate surface area is 396 Å². The maximum atomic E-state index is 7.21. The van der Waals surface area contributed by atoms with Gasteiger partial charge in [-0.05, 0) is 118 Å². The minimum Gasteiger partial charge on any atom is -0.369 e. The molecule has 0 radical (unpaired) electrons. The molecule has 0 amide bonds. The van der Waals surface area contributed by atoms with E-state index in [4.69, 9.17) is 15.7 Å². The number of nitrogens with zero attached hydrogens (tertiary/aromatic N) is 4. The van der Waals surface area contributed by atoms with E-state index in [-0.39, 0.29) is 0 Å². The quantitative estimate of drug-likeness (QED) is 0.116. The van der Waals surface area contributed by atoms with E-state index < -0.39 is 0 Å². The van der Waals surface area contributed by atoms with Crippen molar-refractivity contribution in [1.29, 1.82) is 0 Å². The van der Waals surface area contributed by atoms with Gasteiger partial charge in [-0.25, -0.2) is 9.98 Å². The Morgan fingerprint density at radius 3 is 1.87 bits per heavy atom. The lowest BCUT2D eigenvalue weighted by Gasteiger charge is -2.25. The van der Waals surface area contributed by atoms with Gasteiger partial charge in [-0.2, -0.15) is 0 Å². The SMILES string of the molecule is NC(=Nc1ccccc1Sc1ccc(-c2cccc3ccccc23)cc1)n1c2ccc(-c3ccc(N(c4ccccc4)c4ccccc4)cc3)cc2c2cc3sc(-c4ccccc4)nc3cc21. The van der Waals surface area contributed by atoms with Crippen molar-refractivity contribution in [3.05, 3.63) is 237 Å². The lowest BCUT2D eigenvalue weighted by atomic mass is 9.98. The summed E-state index contributed by atoms with van der Waals surface area (Å²) >= 11 is 3.40. The van der Waals surface area contributed by atoms with Gasteiger partial charge in [0.05, 0.1) is 26.9 Å². The van der Waals surface area contributed by atoms with E-state index in [0.717, 1.165) is 86.3 Å². The topological polar surface area (TPSA) is 59.4 Å². The lowest BCUT2D eigenvalue weighted by Crippen LogP contribution is -2.21. The van der Waals surface area contributed by atoms with E-state index >= 15 is 0 Å². The minimum absolute atomic E-state index is 0.385. The number of anilines is 3. The average molecular weight is 896 g/mol. The molecule has 2 aromatic heterocycles. The second-order valence-corrected chi connectivity index (χ2v) is 18.6. The highest BCUT2D eigenvalue weighted by atomic mass is 32.2. The molecule has 2 heterocycles. The Hall–Kier alpha value is -8.23. The van der Waals surface area contributed by atoms with Crippen molar-refractivity contribution in [2.45, 2.75) is 9.79 Å². The lowest BCUT2D eigenvalue weighted by molar-refractivity contribution is 1.20. The smallest absolute Gasteiger partial charge is 0.205 e. The van der Waals surface area contributed by atoms with E-state index in [0.29, 0.717) is 5.96 Å². The summed E-state index contributed by atoms with van der Waals surface area (Å²) in [5, 5.41) is 5.65. The molecular weight excluding hydrogens is 855 g/mol. The predicted octanol–water partition coefficient (Wildman–Crippen LogP) is 16.7. The molecule has 0 atom stereocenters. The standard InChI is InChI=1S/C60H41N5S2/c61-60(63-53-25-12-13-26-57(53)66-48-34-29-42(30-35-48)50-24-14-18-41-15-10-11-23-49(41)50)65-55-36-31-44(37-51(55)52-38-58-54(39-56(52)65)62-59(67-58)43-16-4-1-5-17-43)40-27-32-47(33-28-40)64(45-19-6-2-7-20-45)46-21-8-3-9-22-46/h1-39H,(H2,61,63). The Morgan fingerprint density at radius 1 is 0.493 bits per heavy atom. The van der Waals surface area contributed by atoms with Crippen molar-refractivity contribution in [3.63, 3.8) is 0 Å². The van der Waals surface area contributed by atoms with Crippen LogP contribution in [0.25, 0.3) is 75.6 Å². The number of hydrogen-bond donors (Lipinski definition) is 1. The van der Waals surface area contributed by atoms with Crippen molar-refractivity contribution >= 4 is 94.6 Å². The van der Waals surface area contributed by atoms with Crippen LogP contribution in [0.2, 0.25) is 0 Å². The Bertz CT molecular complexity index is 3720. The molecule has 318 valence electrons. The molecular formula is C60H41N5S2. The number of thiazole rings is 1. The van der Waals surface area contributed by atoms with Crippen molar-refractivity contribution < 1.29 is 0 Å². The van der Waals surface area contributed by atoms with Crippen LogP contribution in [-0.2, 0) is 0 Å². The van der Waals surface area contributed by atoms with Gasteiger partial charge in [0.2, 0.25) is 5.96 Å². The van der Waals surface area contributed by atoms with E-state index in [2.05, 4.69) is 228 Å². The zero-order valence-corrected chi connectivity index (χ0v) is 37.8. The largest absolute Gasteiger partial charge is 0.369 e. The first-order valence-electron chi connectivity index (χ1n) is 22.3. The van der Waals surface area contributed by atoms with E-state index in [1.54, 1.807) is 23.1 Å². The molecule has 12 aromatic rings. The van der Waals surface area contributed by atoms with Crippen LogP contribution in [0, 0.1) is 0 Å². The summed E-state index contributed by atoms with van der Waals surface area (Å²) < 4.78 is 3.21. The van der Waals surface area contributed by atoms with Crippen molar-refractivity contribution in [2.24, 2.45) is 10.7 Å². The molecule has 10 aromatic carbocycles. The number of hydrogen-bond acceptors (Lipinski definition) is 5. The molecule has 0 fully saturated rings. The molecule has 0 unspecified atom stereocenters. The van der Waals surface area contributed by atoms with Crippen LogP contribution in [0.4, 0.5) is 22.7 Å². The molecule has 12 rings (SSSR count). The number of aliphatic imine (C=N–C) groups is 1. The molecule has 5 nitrogen and oxygen atoms in total. The van der Waals surface area contributed by atoms with E-state index in [1.807, 2.05) is 18.2 Å². The highest BCUT2D eigenvalue weighted by Crippen LogP contribution is 2.41. The maximum absolute atomic E-state index is 7.21. The van der Waals surface area contributed by atoms with Gasteiger partial charge in [-0.15, -0.1) is 11.3 Å². The van der Waals surface area contributed by atoms with Crippen LogP contribution in [0.3, 0.4) is 0 Å². The number of nitrogens with two attached hydrogens (primary N) is 1. The summed E-state index contributed by atoms with van der Waals surface area (Å²) in [4.78, 5) is 14.8. The van der Waals surface area contributed by atoms with Gasteiger partial charge < -0.3 is 10.6 Å². The molecule has 0 spiro atoms. The fourth-order valence-electron chi connectivity index (χ4n) is 9.09. The highest BCUT2D eigenvalue weighted by molar-refractivity contribution is 7.99. The third kappa shape index (κ3) is 7.70. The van der Waals surface area contributed by atoms with Gasteiger partial charge in [0.1, 0.15) is 5.01 Å². The Kier molecular flexibility index (Phi) is 10.4. The predicted molar refractivity (Wildman–Crippen MR) is 285 cm³/mol. The Balaban J connectivity index is 0.931. The Morgan fingerprint density at radius 2 is 1.10 bits per heavy atom. The van der Waals surface area contributed by atoms with Crippen LogP contribution in [0.15, 0.2) is 251 Å². The molecule has 0 saturated heterocycles. The van der Waals surface area contributed by atoms with Crippen LogP contribution < -0.4 is 10.6 Å². The van der Waals surface area contributed by atoms with Crippen molar-refractivity contribution in [1.82, 2.24) is 9.55 Å². The van der Waals surface area contributed by atoms with Gasteiger partial charge in [-0.1, -0.05) is 163 Å². The van der Waals surface area contributed by atoms with Gasteiger partial charge in [0.25, 0.3) is 0 Å². The second kappa shape index (κ2) is 17.3. The summed E-state index contributed by atoms with van der Waals surface area (Å²) in [5.41, 5.74) is 19.9. The fourth-order valence-corrected chi connectivity index (χ4v) is 11.0. The molecule has 0 aliphatic heterocycles. The third-order valence-corrected chi connectivity index (χ3v) is 14.4. The average Bonchev–Trinajstić information content (AvgIpc) is 3.95. The monoisotopic (exact) mass is 895 g/mol. The number of rotatable bonds is 9.